The zero-order valence-corrected chi connectivity index (χ0v) is 25.7. The maximum Gasteiger partial charge on any atom is 0.255 e. The Hall–Kier alpha value is -5.97. The first kappa shape index (κ1) is 31.5. The van der Waals surface area contributed by atoms with Crippen LogP contribution in [0.15, 0.2) is 109 Å². The molecule has 5 rings (SSSR count). The molecular weight excluding hydrogens is 584 g/mol. The Morgan fingerprint density at radius 1 is 0.826 bits per heavy atom. The molecule has 0 bridgehead atoms. The van der Waals surface area contributed by atoms with Crippen molar-refractivity contribution >= 4 is 29.1 Å². The first-order valence-electron chi connectivity index (χ1n) is 14.5. The van der Waals surface area contributed by atoms with E-state index in [1.807, 2.05) is 42.5 Å². The number of carbonyl (C=O) groups excluding carboxylic acids is 3. The van der Waals surface area contributed by atoms with Crippen molar-refractivity contribution in [2.75, 3.05) is 31.5 Å². The first-order valence-corrected chi connectivity index (χ1v) is 14.5. The number of methoxy groups -OCH3 is 2. The van der Waals surface area contributed by atoms with E-state index < -0.39 is 11.9 Å². The van der Waals surface area contributed by atoms with E-state index in [0.717, 1.165) is 5.56 Å². The minimum atomic E-state index is -0.834. The van der Waals surface area contributed by atoms with Crippen LogP contribution in [0.5, 0.6) is 11.5 Å². The fourth-order valence-electron chi connectivity index (χ4n) is 4.86. The highest BCUT2D eigenvalue weighted by molar-refractivity contribution is 6.06. The van der Waals surface area contributed by atoms with Crippen molar-refractivity contribution in [3.8, 4) is 22.8 Å². The summed E-state index contributed by atoms with van der Waals surface area (Å²) in [6.45, 7) is -0.168. The topological polar surface area (TPSA) is 128 Å². The van der Waals surface area contributed by atoms with Gasteiger partial charge in [-0.05, 0) is 60.2 Å². The van der Waals surface area contributed by atoms with Crippen molar-refractivity contribution in [2.24, 2.45) is 0 Å². The number of rotatable bonds is 12. The van der Waals surface area contributed by atoms with E-state index in [-0.39, 0.29) is 18.4 Å². The molecule has 3 amide bonds. The molecule has 0 spiro atoms. The lowest BCUT2D eigenvalue weighted by Crippen LogP contribution is -2.49. The molecule has 11 heteroatoms. The van der Waals surface area contributed by atoms with Gasteiger partial charge in [0.2, 0.25) is 11.8 Å². The first-order chi connectivity index (χ1) is 22.3. The number of nitrogens with one attached hydrogen (secondary N) is 2. The van der Waals surface area contributed by atoms with Crippen LogP contribution in [0.2, 0.25) is 0 Å². The quantitative estimate of drug-likeness (QED) is 0.209. The van der Waals surface area contributed by atoms with Crippen molar-refractivity contribution in [1.82, 2.24) is 20.3 Å². The molecule has 4 aromatic carbocycles. The minimum Gasteiger partial charge on any atom is -0.497 e. The number of benzene rings is 4. The van der Waals surface area contributed by atoms with Gasteiger partial charge in [-0.1, -0.05) is 53.7 Å². The van der Waals surface area contributed by atoms with Crippen LogP contribution in [-0.4, -0.2) is 60.0 Å². The third-order valence-electron chi connectivity index (χ3n) is 7.35. The molecule has 0 unspecified atom stereocenters. The monoisotopic (exact) mass is 618 g/mol. The Morgan fingerprint density at radius 2 is 1.46 bits per heavy atom. The molecule has 0 saturated heterocycles. The molecular formula is C35H34N6O5. The normalized spacial score (nSPS) is 11.3. The number of ether oxygens (including phenoxy) is 2. The number of nitrogens with zero attached hydrogens (tertiary/aromatic N) is 4. The van der Waals surface area contributed by atoms with Gasteiger partial charge in [-0.15, -0.1) is 5.10 Å². The predicted molar refractivity (Wildman–Crippen MR) is 175 cm³/mol. The Kier molecular flexibility index (Phi) is 10.0. The van der Waals surface area contributed by atoms with Crippen LogP contribution in [0.25, 0.3) is 11.3 Å². The number of aromatic nitrogens is 3. The minimum absolute atomic E-state index is 0.168. The number of anilines is 2. The molecule has 0 saturated carbocycles. The van der Waals surface area contributed by atoms with E-state index in [0.29, 0.717) is 46.1 Å². The van der Waals surface area contributed by atoms with E-state index >= 15 is 0 Å². The fraction of sp³-hybridized carbons (Fsp3) is 0.171. The Morgan fingerprint density at radius 3 is 2.13 bits per heavy atom. The molecule has 0 radical (unpaired) electrons. The van der Waals surface area contributed by atoms with Crippen LogP contribution in [0.4, 0.5) is 11.4 Å². The van der Waals surface area contributed by atoms with Crippen LogP contribution in [-0.2, 0) is 22.6 Å². The highest BCUT2D eigenvalue weighted by Gasteiger charge is 2.26. The number of hydrogen-bond donors (Lipinski definition) is 2. The zero-order valence-electron chi connectivity index (χ0n) is 25.7. The summed E-state index contributed by atoms with van der Waals surface area (Å²) in [5.41, 5.74) is 3.67. The summed E-state index contributed by atoms with van der Waals surface area (Å²) in [4.78, 5) is 41.3. The van der Waals surface area contributed by atoms with E-state index in [2.05, 4.69) is 20.9 Å². The lowest BCUT2D eigenvalue weighted by Gasteiger charge is -2.25. The van der Waals surface area contributed by atoms with Crippen molar-refractivity contribution in [3.63, 3.8) is 0 Å². The van der Waals surface area contributed by atoms with Gasteiger partial charge in [0.1, 0.15) is 29.8 Å². The predicted octanol–water partition coefficient (Wildman–Crippen LogP) is 4.61. The Bertz CT molecular complexity index is 1790. The van der Waals surface area contributed by atoms with Gasteiger partial charge in [-0.25, -0.2) is 4.68 Å². The van der Waals surface area contributed by atoms with Crippen LogP contribution >= 0.6 is 0 Å². The smallest absolute Gasteiger partial charge is 0.255 e. The summed E-state index contributed by atoms with van der Waals surface area (Å²) in [6, 6.07) is 29.8. The number of amides is 3. The molecule has 11 nitrogen and oxygen atoms in total. The SMILES string of the molecule is COc1ccc(C(=O)Nc2ccccc2-c2cn(CC(=O)N[C@@H](Cc3ccccc3)C(=O)N(C)c3ccc(OC)cc3)nn2)cc1. The third-order valence-corrected chi connectivity index (χ3v) is 7.35. The van der Waals surface area contributed by atoms with Gasteiger partial charge < -0.3 is 25.0 Å². The average molecular weight is 619 g/mol. The Labute approximate surface area is 266 Å². The molecule has 2 N–H and O–H groups in total. The molecule has 1 aromatic heterocycles. The van der Waals surface area contributed by atoms with Crippen molar-refractivity contribution < 1.29 is 23.9 Å². The maximum atomic E-state index is 13.6. The fourth-order valence-corrected chi connectivity index (χ4v) is 4.86. The van der Waals surface area contributed by atoms with Crippen molar-refractivity contribution in [3.05, 3.63) is 120 Å². The highest BCUT2D eigenvalue weighted by Crippen LogP contribution is 2.27. The maximum absolute atomic E-state index is 13.6. The molecule has 1 heterocycles. The number of likely N-dealkylation sites (N-methyl/N-ethyl adjacent to an activating group) is 1. The summed E-state index contributed by atoms with van der Waals surface area (Å²) in [5.74, 6) is 0.347. The molecule has 46 heavy (non-hydrogen) atoms. The standard InChI is InChI=1S/C35H34N6O5/c1-40(26-15-19-28(46-3)20-16-26)35(44)31(21-24-9-5-4-6-10-24)36-33(42)23-41-22-32(38-39-41)29-11-7-8-12-30(29)37-34(43)25-13-17-27(45-2)18-14-25/h4-20,22,31H,21,23H2,1-3H3,(H,36,42)(H,37,43)/t31-/m0/s1. The molecule has 234 valence electrons. The van der Waals surface area contributed by atoms with Crippen LogP contribution in [0, 0.1) is 0 Å². The molecule has 0 fully saturated rings. The highest BCUT2D eigenvalue weighted by atomic mass is 16.5. The summed E-state index contributed by atoms with van der Waals surface area (Å²) in [6.07, 6.45) is 1.92. The van der Waals surface area contributed by atoms with E-state index in [4.69, 9.17) is 9.47 Å². The molecule has 0 aliphatic carbocycles. The van der Waals surface area contributed by atoms with E-state index in [1.165, 1.54) is 9.58 Å². The van der Waals surface area contributed by atoms with Gasteiger partial charge >= 0.3 is 0 Å². The lowest BCUT2D eigenvalue weighted by atomic mass is 10.0. The molecule has 0 aliphatic rings. The second-order valence-electron chi connectivity index (χ2n) is 10.4. The second-order valence-corrected chi connectivity index (χ2v) is 10.4. The third kappa shape index (κ3) is 7.75. The van der Waals surface area contributed by atoms with Gasteiger partial charge in [-0.3, -0.25) is 14.4 Å². The summed E-state index contributed by atoms with van der Waals surface area (Å²) >= 11 is 0. The van der Waals surface area contributed by atoms with Gasteiger partial charge in [-0.2, -0.15) is 0 Å². The second kappa shape index (κ2) is 14.7. The van der Waals surface area contributed by atoms with Gasteiger partial charge in [0, 0.05) is 30.3 Å². The van der Waals surface area contributed by atoms with Crippen LogP contribution in [0.3, 0.4) is 0 Å². The molecule has 1 atom stereocenters. The Balaban J connectivity index is 1.29. The number of para-hydroxylation sites is 1. The molecule has 5 aromatic rings. The van der Waals surface area contributed by atoms with Crippen LogP contribution < -0.4 is 25.0 Å². The summed E-state index contributed by atoms with van der Waals surface area (Å²) < 4.78 is 11.8. The van der Waals surface area contributed by atoms with Crippen molar-refractivity contribution in [1.29, 1.82) is 0 Å². The van der Waals surface area contributed by atoms with Gasteiger partial charge in [0.25, 0.3) is 5.91 Å². The lowest BCUT2D eigenvalue weighted by molar-refractivity contribution is -0.127. The van der Waals surface area contributed by atoms with Crippen molar-refractivity contribution in [2.45, 2.75) is 19.0 Å². The number of carbonyl (C=O) groups is 3. The van der Waals surface area contributed by atoms with Gasteiger partial charge in [0.15, 0.2) is 0 Å². The average Bonchev–Trinajstić information content (AvgIpc) is 3.56. The van der Waals surface area contributed by atoms with E-state index in [1.54, 1.807) is 88.1 Å². The number of hydrogen-bond acceptors (Lipinski definition) is 7. The van der Waals surface area contributed by atoms with Gasteiger partial charge in [0.05, 0.1) is 26.1 Å². The molecule has 0 aliphatic heterocycles. The van der Waals surface area contributed by atoms with E-state index in [9.17, 15) is 14.4 Å². The zero-order chi connectivity index (χ0) is 32.5. The largest absolute Gasteiger partial charge is 0.497 e. The summed E-state index contributed by atoms with van der Waals surface area (Å²) in [5, 5.41) is 14.2. The summed E-state index contributed by atoms with van der Waals surface area (Å²) in [7, 11) is 4.81. The van der Waals surface area contributed by atoms with Crippen LogP contribution in [0.1, 0.15) is 15.9 Å².